The van der Waals surface area contributed by atoms with Crippen LogP contribution in [0.25, 0.3) is 0 Å². The summed E-state index contributed by atoms with van der Waals surface area (Å²) in [7, 11) is 0. The zero-order valence-corrected chi connectivity index (χ0v) is 17.1. The van der Waals surface area contributed by atoms with Gasteiger partial charge in [-0.15, -0.1) is 0 Å². The van der Waals surface area contributed by atoms with Gasteiger partial charge in [-0.2, -0.15) is 0 Å². The predicted molar refractivity (Wildman–Crippen MR) is 104 cm³/mol. The van der Waals surface area contributed by atoms with Gasteiger partial charge in [0.15, 0.2) is 5.76 Å². The molecule has 3 rings (SSSR count). The Labute approximate surface area is 162 Å². The quantitative estimate of drug-likeness (QED) is 0.877. The smallest absolute Gasteiger partial charge is 0.284 e. The molecule has 6 nitrogen and oxygen atoms in total. The average Bonchev–Trinajstić information content (AvgIpc) is 3.02. The SMILES string of the molecule is CCN1C[C@@]2(CCCN(Cc3cc(C(N)=O)oc3C(C)(C)C)C2)CCC1=O. The average molecular weight is 376 g/mol. The molecule has 3 heterocycles. The van der Waals surface area contributed by atoms with E-state index in [9.17, 15) is 9.59 Å². The van der Waals surface area contributed by atoms with Gasteiger partial charge in [-0.25, -0.2) is 0 Å². The van der Waals surface area contributed by atoms with Crippen molar-refractivity contribution in [2.24, 2.45) is 11.1 Å². The Bertz CT molecular complexity index is 719. The lowest BCUT2D eigenvalue weighted by Gasteiger charge is -2.48. The number of furan rings is 1. The summed E-state index contributed by atoms with van der Waals surface area (Å²) in [6.45, 7) is 12.7. The summed E-state index contributed by atoms with van der Waals surface area (Å²) in [5.74, 6) is 0.842. The van der Waals surface area contributed by atoms with E-state index in [4.69, 9.17) is 10.2 Å². The largest absolute Gasteiger partial charge is 0.455 e. The fourth-order valence-electron chi connectivity index (χ4n) is 4.71. The molecule has 0 radical (unpaired) electrons. The monoisotopic (exact) mass is 375 g/mol. The van der Waals surface area contributed by atoms with E-state index in [0.29, 0.717) is 6.42 Å². The summed E-state index contributed by atoms with van der Waals surface area (Å²) in [4.78, 5) is 28.2. The first-order valence-electron chi connectivity index (χ1n) is 10.1. The third-order valence-corrected chi connectivity index (χ3v) is 6.00. The number of likely N-dealkylation sites (tertiary alicyclic amines) is 2. The van der Waals surface area contributed by atoms with Crippen LogP contribution in [-0.4, -0.2) is 47.8 Å². The zero-order chi connectivity index (χ0) is 19.8. The fourth-order valence-corrected chi connectivity index (χ4v) is 4.71. The molecule has 0 saturated carbocycles. The zero-order valence-electron chi connectivity index (χ0n) is 17.1. The van der Waals surface area contributed by atoms with Crippen molar-refractivity contribution in [1.29, 1.82) is 0 Å². The number of hydrogen-bond acceptors (Lipinski definition) is 4. The summed E-state index contributed by atoms with van der Waals surface area (Å²) < 4.78 is 5.81. The third-order valence-electron chi connectivity index (χ3n) is 6.00. The second kappa shape index (κ2) is 7.30. The number of rotatable bonds is 4. The number of nitrogens with zero attached hydrogens (tertiary/aromatic N) is 2. The van der Waals surface area contributed by atoms with Crippen LogP contribution in [0.5, 0.6) is 0 Å². The van der Waals surface area contributed by atoms with E-state index in [0.717, 1.165) is 56.9 Å². The van der Waals surface area contributed by atoms with E-state index in [1.165, 1.54) is 6.42 Å². The minimum Gasteiger partial charge on any atom is -0.455 e. The normalized spacial score (nSPS) is 24.6. The van der Waals surface area contributed by atoms with Crippen LogP contribution in [-0.2, 0) is 16.8 Å². The molecule has 1 aromatic heterocycles. The lowest BCUT2D eigenvalue weighted by molar-refractivity contribution is -0.139. The van der Waals surface area contributed by atoms with Gasteiger partial charge in [0.2, 0.25) is 5.91 Å². The van der Waals surface area contributed by atoms with Crippen LogP contribution in [0, 0.1) is 5.41 Å². The molecule has 1 aromatic rings. The number of primary amides is 1. The molecular weight excluding hydrogens is 342 g/mol. The Balaban J connectivity index is 1.78. The second-order valence-electron chi connectivity index (χ2n) is 9.30. The van der Waals surface area contributed by atoms with Crippen molar-refractivity contribution in [3.05, 3.63) is 23.2 Å². The highest BCUT2D eigenvalue weighted by molar-refractivity contribution is 5.90. The molecule has 0 unspecified atom stereocenters. The molecule has 0 aliphatic carbocycles. The Hall–Kier alpha value is -1.82. The van der Waals surface area contributed by atoms with Gasteiger partial charge in [0.1, 0.15) is 5.76 Å². The van der Waals surface area contributed by atoms with Crippen molar-refractivity contribution in [1.82, 2.24) is 9.80 Å². The fraction of sp³-hybridized carbons (Fsp3) is 0.714. The third kappa shape index (κ3) is 4.21. The number of amides is 2. The predicted octanol–water partition coefficient (Wildman–Crippen LogP) is 2.90. The van der Waals surface area contributed by atoms with Crippen molar-refractivity contribution in [3.63, 3.8) is 0 Å². The summed E-state index contributed by atoms with van der Waals surface area (Å²) in [6, 6.07) is 1.81. The van der Waals surface area contributed by atoms with Crippen LogP contribution in [0.1, 0.15) is 75.3 Å². The molecule has 2 fully saturated rings. The van der Waals surface area contributed by atoms with Gasteiger partial charge in [0.05, 0.1) is 0 Å². The maximum absolute atomic E-state index is 12.1. The number of carbonyl (C=O) groups is 2. The van der Waals surface area contributed by atoms with Crippen LogP contribution in [0.3, 0.4) is 0 Å². The maximum atomic E-state index is 12.1. The molecule has 0 aromatic carbocycles. The first-order valence-corrected chi connectivity index (χ1v) is 10.1. The summed E-state index contributed by atoms with van der Waals surface area (Å²) in [5.41, 5.74) is 6.50. The summed E-state index contributed by atoms with van der Waals surface area (Å²) in [5, 5.41) is 0. The van der Waals surface area contributed by atoms with Gasteiger partial charge >= 0.3 is 0 Å². The van der Waals surface area contributed by atoms with Crippen molar-refractivity contribution in [2.75, 3.05) is 26.2 Å². The molecule has 2 saturated heterocycles. The van der Waals surface area contributed by atoms with Gasteiger partial charge in [-0.05, 0) is 38.8 Å². The van der Waals surface area contributed by atoms with Crippen LogP contribution in [0.15, 0.2) is 10.5 Å². The topological polar surface area (TPSA) is 79.8 Å². The highest BCUT2D eigenvalue weighted by Crippen LogP contribution is 2.40. The van der Waals surface area contributed by atoms with Gasteiger partial charge in [0.25, 0.3) is 5.91 Å². The van der Waals surface area contributed by atoms with Crippen molar-refractivity contribution >= 4 is 11.8 Å². The van der Waals surface area contributed by atoms with E-state index in [2.05, 4.69) is 32.6 Å². The van der Waals surface area contributed by atoms with Crippen LogP contribution in [0.2, 0.25) is 0 Å². The van der Waals surface area contributed by atoms with Crippen molar-refractivity contribution in [3.8, 4) is 0 Å². The molecule has 0 bridgehead atoms. The Morgan fingerprint density at radius 3 is 2.67 bits per heavy atom. The van der Waals surface area contributed by atoms with E-state index < -0.39 is 5.91 Å². The highest BCUT2D eigenvalue weighted by atomic mass is 16.4. The van der Waals surface area contributed by atoms with E-state index in [1.807, 2.05) is 11.0 Å². The summed E-state index contributed by atoms with van der Waals surface area (Å²) >= 11 is 0. The maximum Gasteiger partial charge on any atom is 0.284 e. The Morgan fingerprint density at radius 1 is 1.30 bits per heavy atom. The van der Waals surface area contributed by atoms with Gasteiger partial charge < -0.3 is 15.1 Å². The lowest BCUT2D eigenvalue weighted by atomic mass is 9.73. The Morgan fingerprint density at radius 2 is 2.04 bits per heavy atom. The second-order valence-corrected chi connectivity index (χ2v) is 9.30. The van der Waals surface area contributed by atoms with E-state index in [1.54, 1.807) is 0 Å². The van der Waals surface area contributed by atoms with E-state index >= 15 is 0 Å². The van der Waals surface area contributed by atoms with Crippen molar-refractivity contribution in [2.45, 2.75) is 65.3 Å². The molecule has 1 atom stereocenters. The minimum atomic E-state index is -0.522. The number of nitrogens with two attached hydrogens (primary N) is 1. The van der Waals surface area contributed by atoms with Crippen molar-refractivity contribution < 1.29 is 14.0 Å². The first kappa shape index (κ1) is 19.9. The van der Waals surface area contributed by atoms with E-state index in [-0.39, 0.29) is 22.5 Å². The summed E-state index contributed by atoms with van der Waals surface area (Å²) in [6.07, 6.45) is 3.95. The minimum absolute atomic E-state index is 0.188. The first-order chi connectivity index (χ1) is 12.6. The molecular formula is C21H33N3O3. The molecule has 1 spiro atoms. The molecule has 2 aliphatic rings. The molecule has 150 valence electrons. The van der Waals surface area contributed by atoms with Gasteiger partial charge in [-0.1, -0.05) is 20.8 Å². The molecule has 27 heavy (non-hydrogen) atoms. The lowest BCUT2D eigenvalue weighted by Crippen LogP contribution is -2.53. The number of piperidine rings is 2. The van der Waals surface area contributed by atoms with Gasteiger partial charge in [-0.3, -0.25) is 14.5 Å². The Kier molecular flexibility index (Phi) is 5.39. The van der Waals surface area contributed by atoms with Gasteiger partial charge in [0, 0.05) is 49.0 Å². The van der Waals surface area contributed by atoms with Crippen LogP contribution >= 0.6 is 0 Å². The standard InChI is InChI=1S/C21H33N3O3/c1-5-24-14-21(9-7-17(24)25)8-6-10-23(13-21)12-15-11-16(19(22)26)27-18(15)20(2,3)4/h11H,5-10,12-14H2,1-4H3,(H2,22,26)/t21-/m0/s1. The number of carbonyl (C=O) groups excluding carboxylic acids is 2. The highest BCUT2D eigenvalue weighted by Gasteiger charge is 2.41. The molecule has 2 amide bonds. The molecule has 2 N–H and O–H groups in total. The van der Waals surface area contributed by atoms with Crippen LogP contribution < -0.4 is 5.73 Å². The molecule has 6 heteroatoms. The number of hydrogen-bond donors (Lipinski definition) is 1. The van der Waals surface area contributed by atoms with Crippen LogP contribution in [0.4, 0.5) is 0 Å². The molecule has 2 aliphatic heterocycles.